The molecule has 3 N–H and O–H groups in total. The number of amides is 4. The molecule has 0 saturated carbocycles. The van der Waals surface area contributed by atoms with Gasteiger partial charge >= 0.3 is 30.5 Å². The maximum Gasteiger partial charge on any atom is 0.455 e. The number of nitrogens with one attached hydrogen (secondary N) is 2. The van der Waals surface area contributed by atoms with Crippen molar-refractivity contribution in [3.63, 3.8) is 0 Å². The van der Waals surface area contributed by atoms with Crippen LogP contribution < -0.4 is 20.4 Å². The number of carbonyl (C=O) groups is 4. The average Bonchev–Trinajstić information content (AvgIpc) is 3.02. The normalized spacial score (nSPS) is 17.5. The summed E-state index contributed by atoms with van der Waals surface area (Å²) >= 11 is 0. The molecule has 0 aliphatic carbocycles. The number of hydrogen-bond donors (Lipinski definition) is 3. The minimum atomic E-state index is -6.11. The molecule has 2 atom stereocenters. The maximum atomic E-state index is 13.5. The van der Waals surface area contributed by atoms with E-state index < -0.39 is 112 Å². The molecule has 21 heteroatoms. The SMILES string of the molecule is CC(O)(C(=O)NCC(F)(F)C(F)(F)F)C(=O)NC1CN(C(=O)OCCCC(F)(F)F)c2ccccc2N(CCCC(F)(F)F)C1=O. The molecular formula is C25H27F11N4O6. The molecule has 2 unspecified atom stereocenters. The number of alkyl halides is 11. The maximum absolute atomic E-state index is 13.5. The molecule has 1 aliphatic heterocycles. The van der Waals surface area contributed by atoms with Gasteiger partial charge in [-0.05, 0) is 31.9 Å². The number of hydrogen-bond acceptors (Lipinski definition) is 6. The van der Waals surface area contributed by atoms with Gasteiger partial charge < -0.3 is 25.4 Å². The third-order valence-corrected chi connectivity index (χ3v) is 6.36. The van der Waals surface area contributed by atoms with E-state index in [0.29, 0.717) is 16.7 Å². The Morgan fingerprint density at radius 2 is 1.43 bits per heavy atom. The summed E-state index contributed by atoms with van der Waals surface area (Å²) in [6.45, 7) is -4.43. The van der Waals surface area contributed by atoms with Gasteiger partial charge in [-0.2, -0.15) is 48.3 Å². The number of anilines is 2. The smallest absolute Gasteiger partial charge is 0.449 e. The van der Waals surface area contributed by atoms with Crippen LogP contribution in [0.3, 0.4) is 0 Å². The molecule has 1 aliphatic rings. The van der Waals surface area contributed by atoms with Crippen LogP contribution in [0, 0.1) is 0 Å². The number of carbonyl (C=O) groups excluding carboxylic acids is 4. The Bertz CT molecular complexity index is 1270. The van der Waals surface area contributed by atoms with Crippen molar-refractivity contribution >= 4 is 35.2 Å². The number of ether oxygens (including phenoxy) is 1. The quantitative estimate of drug-likeness (QED) is 0.182. The Balaban J connectivity index is 2.39. The second kappa shape index (κ2) is 14.2. The standard InChI is InChI=1S/C25H27F11N4O6/c1-21(45,18(42)37-13-22(26,27)25(34,35)36)19(43)38-14-12-40(20(44)46-11-5-9-24(31,32)33)16-7-3-2-6-15(16)39(17(14)41)10-4-8-23(28,29)30/h2-3,6-7,14,45H,4-5,8-13H2,1H3,(H,37,42)(H,38,43). The minimum Gasteiger partial charge on any atom is -0.449 e. The van der Waals surface area contributed by atoms with Gasteiger partial charge in [-0.1, -0.05) is 12.1 Å². The monoisotopic (exact) mass is 688 g/mol. The lowest BCUT2D eigenvalue weighted by Gasteiger charge is -2.29. The summed E-state index contributed by atoms with van der Waals surface area (Å²) in [5.41, 5.74) is -3.85. The highest BCUT2D eigenvalue weighted by Crippen LogP contribution is 2.36. The fourth-order valence-electron chi connectivity index (χ4n) is 3.91. The molecule has 1 aromatic carbocycles. The van der Waals surface area contributed by atoms with Crippen LogP contribution in [0.4, 0.5) is 64.5 Å². The number of benzene rings is 1. The molecule has 1 heterocycles. The third kappa shape index (κ3) is 10.3. The number of aliphatic hydroxyl groups is 1. The van der Waals surface area contributed by atoms with E-state index >= 15 is 0 Å². The van der Waals surface area contributed by atoms with Crippen LogP contribution in [0.15, 0.2) is 24.3 Å². The molecule has 2 rings (SSSR count). The summed E-state index contributed by atoms with van der Waals surface area (Å²) in [6, 6.07) is 2.95. The fraction of sp³-hybridized carbons (Fsp3) is 0.600. The van der Waals surface area contributed by atoms with Crippen molar-refractivity contribution in [2.24, 2.45) is 0 Å². The van der Waals surface area contributed by atoms with E-state index in [4.69, 9.17) is 4.74 Å². The first-order valence-electron chi connectivity index (χ1n) is 13.1. The van der Waals surface area contributed by atoms with Gasteiger partial charge in [-0.25, -0.2) is 4.79 Å². The van der Waals surface area contributed by atoms with E-state index in [0.717, 1.165) is 5.32 Å². The van der Waals surface area contributed by atoms with Crippen LogP contribution >= 0.6 is 0 Å². The molecule has 0 bridgehead atoms. The Labute approximate surface area is 252 Å². The molecule has 0 spiro atoms. The number of para-hydroxylation sites is 2. The Hall–Kier alpha value is -3.91. The van der Waals surface area contributed by atoms with Crippen molar-refractivity contribution in [1.82, 2.24) is 10.6 Å². The Morgan fingerprint density at radius 1 is 0.891 bits per heavy atom. The molecule has 0 saturated heterocycles. The number of fused-ring (bicyclic) bond motifs is 1. The van der Waals surface area contributed by atoms with Gasteiger partial charge in [0.05, 0.1) is 31.1 Å². The highest BCUT2D eigenvalue weighted by Gasteiger charge is 2.58. The lowest BCUT2D eigenvalue weighted by atomic mass is 10.0. The zero-order valence-electron chi connectivity index (χ0n) is 23.6. The largest absolute Gasteiger partial charge is 0.455 e. The molecule has 1 aromatic rings. The zero-order valence-corrected chi connectivity index (χ0v) is 23.6. The molecule has 0 aromatic heterocycles. The van der Waals surface area contributed by atoms with Crippen molar-refractivity contribution < 1.29 is 77.3 Å². The predicted molar refractivity (Wildman–Crippen MR) is 135 cm³/mol. The second-order valence-electron chi connectivity index (χ2n) is 10.1. The first kappa shape index (κ1) is 38.3. The lowest BCUT2D eigenvalue weighted by Crippen LogP contribution is -2.62. The van der Waals surface area contributed by atoms with Crippen LogP contribution in [0.2, 0.25) is 0 Å². The number of halogens is 11. The number of rotatable bonds is 11. The van der Waals surface area contributed by atoms with Gasteiger partial charge in [0.1, 0.15) is 6.04 Å². The van der Waals surface area contributed by atoms with Crippen LogP contribution in [0.5, 0.6) is 0 Å². The Morgan fingerprint density at radius 3 is 1.98 bits per heavy atom. The first-order valence-corrected chi connectivity index (χ1v) is 13.1. The molecule has 4 amide bonds. The average molecular weight is 688 g/mol. The van der Waals surface area contributed by atoms with Gasteiger partial charge in [-0.3, -0.25) is 19.3 Å². The Kier molecular flexibility index (Phi) is 11.9. The van der Waals surface area contributed by atoms with Gasteiger partial charge in [0, 0.05) is 19.4 Å². The summed E-state index contributed by atoms with van der Waals surface area (Å²) in [5.74, 6) is -10.6. The van der Waals surface area contributed by atoms with Gasteiger partial charge in [0.2, 0.25) is 5.60 Å². The summed E-state index contributed by atoms with van der Waals surface area (Å²) in [6.07, 6.45) is -20.9. The summed E-state index contributed by atoms with van der Waals surface area (Å²) in [7, 11) is 0. The topological polar surface area (TPSA) is 128 Å². The summed E-state index contributed by atoms with van der Waals surface area (Å²) in [5, 5.41) is 13.3. The fourth-order valence-corrected chi connectivity index (χ4v) is 3.91. The predicted octanol–water partition coefficient (Wildman–Crippen LogP) is 4.21. The van der Waals surface area contributed by atoms with E-state index in [1.807, 2.05) is 5.32 Å². The van der Waals surface area contributed by atoms with Crippen LogP contribution in [0.1, 0.15) is 32.6 Å². The minimum absolute atomic E-state index is 0.209. The van der Waals surface area contributed by atoms with Crippen molar-refractivity contribution in [3.8, 4) is 0 Å². The molecule has 0 radical (unpaired) electrons. The van der Waals surface area contributed by atoms with Crippen LogP contribution in [-0.2, 0) is 19.1 Å². The van der Waals surface area contributed by atoms with Crippen molar-refractivity contribution in [3.05, 3.63) is 24.3 Å². The van der Waals surface area contributed by atoms with Crippen molar-refractivity contribution in [2.75, 3.05) is 36.0 Å². The van der Waals surface area contributed by atoms with Gasteiger partial charge in [0.15, 0.2) is 0 Å². The highest BCUT2D eigenvalue weighted by atomic mass is 19.4. The van der Waals surface area contributed by atoms with E-state index in [9.17, 15) is 72.6 Å². The molecular weight excluding hydrogens is 661 g/mol. The second-order valence-corrected chi connectivity index (χ2v) is 10.1. The van der Waals surface area contributed by atoms with Gasteiger partial charge in [0.25, 0.3) is 17.7 Å². The third-order valence-electron chi connectivity index (χ3n) is 6.36. The van der Waals surface area contributed by atoms with E-state index in [1.165, 1.54) is 24.3 Å². The highest BCUT2D eigenvalue weighted by molar-refractivity contribution is 6.11. The van der Waals surface area contributed by atoms with E-state index in [-0.39, 0.29) is 11.4 Å². The van der Waals surface area contributed by atoms with Crippen molar-refractivity contribution in [2.45, 2.75) is 68.7 Å². The number of nitrogens with zero attached hydrogens (tertiary/aromatic N) is 2. The first-order chi connectivity index (χ1) is 20.9. The molecule has 46 heavy (non-hydrogen) atoms. The summed E-state index contributed by atoms with van der Waals surface area (Å²) in [4.78, 5) is 52.9. The van der Waals surface area contributed by atoms with E-state index in [1.54, 1.807) is 0 Å². The van der Waals surface area contributed by atoms with Crippen molar-refractivity contribution in [1.29, 1.82) is 0 Å². The summed E-state index contributed by atoms with van der Waals surface area (Å²) < 4.78 is 145. The lowest BCUT2D eigenvalue weighted by molar-refractivity contribution is -0.278. The molecule has 10 nitrogen and oxygen atoms in total. The molecule has 260 valence electrons. The van der Waals surface area contributed by atoms with Crippen LogP contribution in [0.25, 0.3) is 0 Å². The molecule has 0 fully saturated rings. The van der Waals surface area contributed by atoms with Gasteiger partial charge in [-0.15, -0.1) is 0 Å². The zero-order chi connectivity index (χ0) is 35.3. The van der Waals surface area contributed by atoms with E-state index in [2.05, 4.69) is 0 Å². The van der Waals surface area contributed by atoms with Crippen LogP contribution in [-0.4, -0.2) is 91.3 Å².